The van der Waals surface area contributed by atoms with Crippen LogP contribution in [0.25, 0.3) is 0 Å². The van der Waals surface area contributed by atoms with Gasteiger partial charge in [-0.25, -0.2) is 0 Å². The molecule has 0 aromatic carbocycles. The van der Waals surface area contributed by atoms with Crippen molar-refractivity contribution in [2.75, 3.05) is 20.3 Å². The highest BCUT2D eigenvalue weighted by Gasteiger charge is 2.20. The minimum atomic E-state index is 0.667. The molecular formula is C5H11NO. The lowest BCUT2D eigenvalue weighted by atomic mass is 10.2. The standard InChI is InChI=1S/C5H11NO/c1-6(2)5-3-7-4-5/h5-6H,1,3-4H2,2H3. The second-order valence-electron chi connectivity index (χ2n) is 2.08. The number of rotatable bonds is 1. The SMILES string of the molecule is [CH2-][NH+](C)C1COC1. The molecule has 0 radical (unpaired) electrons. The summed E-state index contributed by atoms with van der Waals surface area (Å²) in [6.07, 6.45) is 0. The summed E-state index contributed by atoms with van der Waals surface area (Å²) in [5.41, 5.74) is 0. The Labute approximate surface area is 44.1 Å². The Hall–Kier alpha value is -0.0800. The third kappa shape index (κ3) is 0.924. The molecule has 1 rings (SSSR count). The van der Waals surface area contributed by atoms with Gasteiger partial charge in [0.05, 0.1) is 13.2 Å². The van der Waals surface area contributed by atoms with Crippen molar-refractivity contribution in [2.45, 2.75) is 6.04 Å². The number of hydrogen-bond acceptors (Lipinski definition) is 1. The normalized spacial score (nSPS) is 26.6. The van der Waals surface area contributed by atoms with Crippen LogP contribution in [0.4, 0.5) is 0 Å². The molecular weight excluding hydrogens is 90.1 g/mol. The molecule has 1 fully saturated rings. The topological polar surface area (TPSA) is 13.7 Å². The van der Waals surface area contributed by atoms with Crippen LogP contribution in [0.3, 0.4) is 0 Å². The van der Waals surface area contributed by atoms with Gasteiger partial charge in [-0.15, -0.1) is 0 Å². The fourth-order valence-electron chi connectivity index (χ4n) is 0.520. The first kappa shape index (κ1) is 5.06. The molecule has 0 aromatic rings. The van der Waals surface area contributed by atoms with E-state index < -0.39 is 0 Å². The van der Waals surface area contributed by atoms with Gasteiger partial charge in [0.15, 0.2) is 0 Å². The Bertz CT molecular complexity index is 59.1. The van der Waals surface area contributed by atoms with E-state index in [1.54, 1.807) is 0 Å². The van der Waals surface area contributed by atoms with E-state index in [9.17, 15) is 0 Å². The molecule has 0 aromatic heterocycles. The molecule has 1 atom stereocenters. The average Bonchev–Trinajstić information content (AvgIpc) is 1.23. The summed E-state index contributed by atoms with van der Waals surface area (Å²) in [6.45, 7) is 1.80. The fourth-order valence-corrected chi connectivity index (χ4v) is 0.520. The summed E-state index contributed by atoms with van der Waals surface area (Å²) in [4.78, 5) is 1.26. The van der Waals surface area contributed by atoms with Crippen LogP contribution in [0.1, 0.15) is 0 Å². The summed E-state index contributed by atoms with van der Waals surface area (Å²) < 4.78 is 4.94. The zero-order valence-electron chi connectivity index (χ0n) is 4.61. The van der Waals surface area contributed by atoms with Gasteiger partial charge in [0.25, 0.3) is 0 Å². The Morgan fingerprint density at radius 1 is 1.71 bits per heavy atom. The minimum absolute atomic E-state index is 0.667. The van der Waals surface area contributed by atoms with Crippen LogP contribution >= 0.6 is 0 Å². The zero-order chi connectivity index (χ0) is 5.28. The molecule has 2 nitrogen and oxygen atoms in total. The maximum Gasteiger partial charge on any atom is 0.111 e. The van der Waals surface area contributed by atoms with Gasteiger partial charge in [0.2, 0.25) is 0 Å². The lowest BCUT2D eigenvalue weighted by Gasteiger charge is -2.33. The van der Waals surface area contributed by atoms with E-state index in [1.807, 2.05) is 7.05 Å². The van der Waals surface area contributed by atoms with Crippen molar-refractivity contribution in [3.63, 3.8) is 0 Å². The molecule has 0 aliphatic carbocycles. The molecule has 0 spiro atoms. The van der Waals surface area contributed by atoms with E-state index in [2.05, 4.69) is 7.05 Å². The van der Waals surface area contributed by atoms with Crippen molar-refractivity contribution in [1.82, 2.24) is 0 Å². The maximum absolute atomic E-state index is 4.94. The monoisotopic (exact) mass is 101 g/mol. The first-order valence-electron chi connectivity index (χ1n) is 2.54. The lowest BCUT2D eigenvalue weighted by molar-refractivity contribution is -0.871. The average molecular weight is 101 g/mol. The summed E-state index contributed by atoms with van der Waals surface area (Å²) in [7, 11) is 5.85. The van der Waals surface area contributed by atoms with Crippen LogP contribution in [0.15, 0.2) is 0 Å². The predicted octanol–water partition coefficient (Wildman–Crippen LogP) is -1.31. The molecule has 42 valence electrons. The molecule has 0 saturated carbocycles. The highest BCUT2D eigenvalue weighted by molar-refractivity contribution is 4.60. The first-order valence-corrected chi connectivity index (χ1v) is 2.54. The van der Waals surface area contributed by atoms with E-state index >= 15 is 0 Å². The first-order chi connectivity index (χ1) is 3.30. The van der Waals surface area contributed by atoms with E-state index in [-0.39, 0.29) is 0 Å². The van der Waals surface area contributed by atoms with Gasteiger partial charge in [0, 0.05) is 7.05 Å². The van der Waals surface area contributed by atoms with Crippen molar-refractivity contribution in [3.05, 3.63) is 7.05 Å². The number of quaternary nitrogens is 1. The maximum atomic E-state index is 4.94. The minimum Gasteiger partial charge on any atom is -0.464 e. The van der Waals surface area contributed by atoms with Crippen molar-refractivity contribution < 1.29 is 9.64 Å². The molecule has 0 bridgehead atoms. The predicted molar refractivity (Wildman–Crippen MR) is 26.9 cm³/mol. The van der Waals surface area contributed by atoms with Gasteiger partial charge in [-0.3, -0.25) is 0 Å². The second-order valence-corrected chi connectivity index (χ2v) is 2.08. The quantitative estimate of drug-likeness (QED) is 0.405. The van der Waals surface area contributed by atoms with Crippen molar-refractivity contribution in [2.24, 2.45) is 0 Å². The molecule has 1 unspecified atom stereocenters. The van der Waals surface area contributed by atoms with E-state index in [1.165, 1.54) is 4.90 Å². The molecule has 0 amide bonds. The lowest BCUT2D eigenvalue weighted by Crippen LogP contribution is -3.11. The van der Waals surface area contributed by atoms with Crippen LogP contribution in [-0.4, -0.2) is 26.3 Å². The third-order valence-corrected chi connectivity index (χ3v) is 1.33. The fraction of sp³-hybridized carbons (Fsp3) is 0.800. The van der Waals surface area contributed by atoms with Gasteiger partial charge in [0.1, 0.15) is 6.04 Å². The molecule has 1 aliphatic rings. The van der Waals surface area contributed by atoms with E-state index in [0.717, 1.165) is 13.2 Å². The van der Waals surface area contributed by atoms with Crippen molar-refractivity contribution in [3.8, 4) is 0 Å². The number of likely N-dealkylation sites (N-methyl/N-ethyl adjacent to an activating group) is 1. The smallest absolute Gasteiger partial charge is 0.111 e. The number of nitrogens with one attached hydrogen (secondary N) is 1. The van der Waals surface area contributed by atoms with Gasteiger partial charge < -0.3 is 9.64 Å². The summed E-state index contributed by atoms with van der Waals surface area (Å²) >= 11 is 0. The Morgan fingerprint density at radius 3 is 2.29 bits per heavy atom. The van der Waals surface area contributed by atoms with E-state index in [4.69, 9.17) is 4.74 Å². The van der Waals surface area contributed by atoms with Crippen molar-refractivity contribution >= 4 is 0 Å². The second kappa shape index (κ2) is 1.80. The Morgan fingerprint density at radius 2 is 2.29 bits per heavy atom. The molecule has 1 saturated heterocycles. The van der Waals surface area contributed by atoms with Crippen LogP contribution < -0.4 is 4.90 Å². The number of hydrogen-bond donors (Lipinski definition) is 1. The van der Waals surface area contributed by atoms with Crippen LogP contribution in [0.5, 0.6) is 0 Å². The zero-order valence-corrected chi connectivity index (χ0v) is 4.61. The van der Waals surface area contributed by atoms with Gasteiger partial charge >= 0.3 is 0 Å². The van der Waals surface area contributed by atoms with Crippen LogP contribution in [0, 0.1) is 7.05 Å². The van der Waals surface area contributed by atoms with Crippen LogP contribution in [-0.2, 0) is 4.74 Å². The summed E-state index contributed by atoms with van der Waals surface area (Å²) in [5.74, 6) is 0. The number of ether oxygens (including phenoxy) is 1. The molecule has 2 heteroatoms. The van der Waals surface area contributed by atoms with E-state index in [0.29, 0.717) is 6.04 Å². The Balaban J connectivity index is 2.14. The highest BCUT2D eigenvalue weighted by atomic mass is 16.5. The summed E-state index contributed by atoms with van der Waals surface area (Å²) in [5, 5.41) is 0. The van der Waals surface area contributed by atoms with Gasteiger partial charge in [-0.2, -0.15) is 7.05 Å². The highest BCUT2D eigenvalue weighted by Crippen LogP contribution is 1.93. The van der Waals surface area contributed by atoms with Gasteiger partial charge in [-0.1, -0.05) is 0 Å². The van der Waals surface area contributed by atoms with Crippen molar-refractivity contribution in [1.29, 1.82) is 0 Å². The summed E-state index contributed by atoms with van der Waals surface area (Å²) in [6, 6.07) is 0.667. The molecule has 1 aliphatic heterocycles. The molecule has 1 N–H and O–H groups in total. The molecule has 1 heterocycles. The largest absolute Gasteiger partial charge is 0.464 e. The third-order valence-electron chi connectivity index (χ3n) is 1.33. The molecule has 7 heavy (non-hydrogen) atoms. The Kier molecular flexibility index (Phi) is 1.30. The van der Waals surface area contributed by atoms with Crippen LogP contribution in [0.2, 0.25) is 0 Å². The van der Waals surface area contributed by atoms with Gasteiger partial charge in [-0.05, 0) is 0 Å².